The average Bonchev–Trinajstić information content (AvgIpc) is 3.15. The summed E-state index contributed by atoms with van der Waals surface area (Å²) in [6.07, 6.45) is 2.60. The Morgan fingerprint density at radius 3 is 2.76 bits per heavy atom. The third-order valence-electron chi connectivity index (χ3n) is 4.03. The maximum atomic E-state index is 5.88. The van der Waals surface area contributed by atoms with E-state index in [0.29, 0.717) is 12.6 Å². The number of rotatable bonds is 6. The molecule has 0 aromatic carbocycles. The lowest BCUT2D eigenvalue weighted by molar-refractivity contribution is 0.264. The van der Waals surface area contributed by atoms with Crippen molar-refractivity contribution in [3.63, 3.8) is 0 Å². The van der Waals surface area contributed by atoms with E-state index in [1.165, 1.54) is 18.4 Å². The van der Waals surface area contributed by atoms with Crippen LogP contribution in [-0.4, -0.2) is 15.8 Å². The molecule has 0 aliphatic heterocycles. The van der Waals surface area contributed by atoms with Gasteiger partial charge in [0.2, 0.25) is 0 Å². The minimum absolute atomic E-state index is 0.442. The van der Waals surface area contributed by atoms with Gasteiger partial charge in [-0.2, -0.15) is 5.10 Å². The van der Waals surface area contributed by atoms with E-state index in [9.17, 15) is 0 Å². The molecule has 0 atom stereocenters. The Kier molecular flexibility index (Phi) is 3.76. The number of hydrogen-bond donors (Lipinski definition) is 1. The van der Waals surface area contributed by atoms with Gasteiger partial charge in [0.15, 0.2) is 5.75 Å². The van der Waals surface area contributed by atoms with Crippen LogP contribution >= 0.6 is 0 Å². The Bertz CT molecular complexity index is 638. The standard InChI is InChI=1S/C16H23N3O2/c1-10-16(11(2)19(4)18-10)20-9-15-7-13(12(3)21-15)8-17-14-5-6-14/h7,14,17H,5-6,8-9H2,1-4H3. The first kappa shape index (κ1) is 14.2. The monoisotopic (exact) mass is 289 g/mol. The van der Waals surface area contributed by atoms with Gasteiger partial charge in [0.25, 0.3) is 0 Å². The largest absolute Gasteiger partial charge is 0.482 e. The first-order valence-electron chi connectivity index (χ1n) is 7.49. The smallest absolute Gasteiger partial charge is 0.163 e. The number of nitrogens with one attached hydrogen (secondary N) is 1. The minimum Gasteiger partial charge on any atom is -0.482 e. The summed E-state index contributed by atoms with van der Waals surface area (Å²) in [7, 11) is 1.92. The second-order valence-electron chi connectivity index (χ2n) is 5.86. The van der Waals surface area contributed by atoms with Crippen molar-refractivity contribution in [3.05, 3.63) is 34.5 Å². The number of hydrogen-bond acceptors (Lipinski definition) is 4. The fourth-order valence-corrected chi connectivity index (χ4v) is 2.48. The second kappa shape index (κ2) is 5.56. The van der Waals surface area contributed by atoms with E-state index in [1.807, 2.05) is 32.5 Å². The SMILES string of the molecule is Cc1nn(C)c(C)c1OCc1cc(CNC2CC2)c(C)o1. The van der Waals surface area contributed by atoms with Gasteiger partial charge < -0.3 is 14.5 Å². The van der Waals surface area contributed by atoms with E-state index in [4.69, 9.17) is 9.15 Å². The molecule has 114 valence electrons. The number of ether oxygens (including phenoxy) is 1. The van der Waals surface area contributed by atoms with E-state index in [1.54, 1.807) is 0 Å². The molecule has 0 amide bonds. The van der Waals surface area contributed by atoms with E-state index in [2.05, 4.69) is 16.5 Å². The zero-order valence-electron chi connectivity index (χ0n) is 13.2. The van der Waals surface area contributed by atoms with Gasteiger partial charge in [-0.15, -0.1) is 0 Å². The summed E-state index contributed by atoms with van der Waals surface area (Å²) >= 11 is 0. The summed E-state index contributed by atoms with van der Waals surface area (Å²) in [5, 5.41) is 7.86. The lowest BCUT2D eigenvalue weighted by Gasteiger charge is -2.04. The molecule has 1 aliphatic carbocycles. The van der Waals surface area contributed by atoms with Crippen molar-refractivity contribution in [3.8, 4) is 5.75 Å². The van der Waals surface area contributed by atoms with Crippen molar-refractivity contribution in [2.45, 2.75) is 52.8 Å². The Balaban J connectivity index is 1.63. The van der Waals surface area contributed by atoms with Gasteiger partial charge in [-0.3, -0.25) is 4.68 Å². The van der Waals surface area contributed by atoms with Crippen molar-refractivity contribution in [2.24, 2.45) is 7.05 Å². The summed E-state index contributed by atoms with van der Waals surface area (Å²) in [6.45, 7) is 7.30. The van der Waals surface area contributed by atoms with Crippen LogP contribution in [0.3, 0.4) is 0 Å². The normalized spacial score (nSPS) is 14.7. The van der Waals surface area contributed by atoms with Gasteiger partial charge in [0.1, 0.15) is 23.8 Å². The highest BCUT2D eigenvalue weighted by atomic mass is 16.5. The summed E-state index contributed by atoms with van der Waals surface area (Å²) in [4.78, 5) is 0. The Morgan fingerprint density at radius 1 is 1.38 bits per heavy atom. The molecule has 0 saturated heterocycles. The van der Waals surface area contributed by atoms with Crippen LogP contribution in [0.15, 0.2) is 10.5 Å². The molecule has 0 radical (unpaired) electrons. The van der Waals surface area contributed by atoms with Crippen LogP contribution in [0, 0.1) is 20.8 Å². The Hall–Kier alpha value is -1.75. The predicted octanol–water partition coefficient (Wildman–Crippen LogP) is 2.77. The Labute approximate surface area is 125 Å². The lowest BCUT2D eigenvalue weighted by Crippen LogP contribution is -2.15. The molecule has 0 spiro atoms. The van der Waals surface area contributed by atoms with Gasteiger partial charge in [-0.25, -0.2) is 0 Å². The zero-order chi connectivity index (χ0) is 15.0. The molecule has 1 aliphatic rings. The first-order chi connectivity index (χ1) is 10.0. The second-order valence-corrected chi connectivity index (χ2v) is 5.86. The molecule has 21 heavy (non-hydrogen) atoms. The van der Waals surface area contributed by atoms with Crippen LogP contribution in [0.4, 0.5) is 0 Å². The molecule has 1 fully saturated rings. The number of aromatic nitrogens is 2. The Morgan fingerprint density at radius 2 is 2.14 bits per heavy atom. The van der Waals surface area contributed by atoms with Crippen LogP contribution in [-0.2, 0) is 20.2 Å². The number of furan rings is 1. The van der Waals surface area contributed by atoms with Crippen molar-refractivity contribution in [1.29, 1.82) is 0 Å². The molecule has 1 saturated carbocycles. The van der Waals surface area contributed by atoms with E-state index in [-0.39, 0.29) is 0 Å². The molecular formula is C16H23N3O2. The molecule has 2 heterocycles. The van der Waals surface area contributed by atoms with Crippen LogP contribution in [0.25, 0.3) is 0 Å². The van der Waals surface area contributed by atoms with E-state index >= 15 is 0 Å². The number of aryl methyl sites for hydroxylation is 3. The van der Waals surface area contributed by atoms with Gasteiger partial charge in [-0.05, 0) is 39.7 Å². The topological polar surface area (TPSA) is 52.2 Å². The third kappa shape index (κ3) is 3.13. The highest BCUT2D eigenvalue weighted by Gasteiger charge is 2.21. The van der Waals surface area contributed by atoms with Crippen LogP contribution in [0.1, 0.15) is 41.3 Å². The van der Waals surface area contributed by atoms with Gasteiger partial charge >= 0.3 is 0 Å². The van der Waals surface area contributed by atoms with Gasteiger partial charge in [0.05, 0.1) is 5.69 Å². The van der Waals surface area contributed by atoms with Crippen molar-refractivity contribution in [2.75, 3.05) is 0 Å². The minimum atomic E-state index is 0.442. The van der Waals surface area contributed by atoms with Crippen LogP contribution in [0.5, 0.6) is 5.75 Å². The molecule has 5 heteroatoms. The van der Waals surface area contributed by atoms with Crippen molar-refractivity contribution >= 4 is 0 Å². The summed E-state index contributed by atoms with van der Waals surface area (Å²) in [5.41, 5.74) is 3.17. The molecule has 2 aromatic rings. The molecule has 1 N–H and O–H groups in total. The third-order valence-corrected chi connectivity index (χ3v) is 4.03. The lowest BCUT2D eigenvalue weighted by atomic mass is 10.2. The fraction of sp³-hybridized carbons (Fsp3) is 0.562. The molecular weight excluding hydrogens is 266 g/mol. The molecule has 5 nitrogen and oxygen atoms in total. The highest BCUT2D eigenvalue weighted by Crippen LogP contribution is 2.24. The van der Waals surface area contributed by atoms with Gasteiger partial charge in [0, 0.05) is 25.2 Å². The fourth-order valence-electron chi connectivity index (χ4n) is 2.48. The highest BCUT2D eigenvalue weighted by molar-refractivity contribution is 5.32. The van der Waals surface area contributed by atoms with E-state index in [0.717, 1.165) is 35.2 Å². The summed E-state index contributed by atoms with van der Waals surface area (Å²) in [6, 6.07) is 2.80. The summed E-state index contributed by atoms with van der Waals surface area (Å²) in [5.74, 6) is 2.69. The van der Waals surface area contributed by atoms with Crippen LogP contribution in [0.2, 0.25) is 0 Å². The first-order valence-corrected chi connectivity index (χ1v) is 7.49. The predicted molar refractivity (Wildman–Crippen MR) is 80.3 cm³/mol. The average molecular weight is 289 g/mol. The molecule has 0 bridgehead atoms. The molecule has 3 rings (SSSR count). The van der Waals surface area contributed by atoms with Crippen molar-refractivity contribution in [1.82, 2.24) is 15.1 Å². The van der Waals surface area contributed by atoms with Gasteiger partial charge in [-0.1, -0.05) is 0 Å². The quantitative estimate of drug-likeness (QED) is 0.888. The maximum absolute atomic E-state index is 5.88. The molecule has 2 aromatic heterocycles. The molecule has 0 unspecified atom stereocenters. The summed E-state index contributed by atoms with van der Waals surface area (Å²) < 4.78 is 13.5. The maximum Gasteiger partial charge on any atom is 0.163 e. The number of nitrogens with zero attached hydrogens (tertiary/aromatic N) is 2. The van der Waals surface area contributed by atoms with E-state index < -0.39 is 0 Å². The van der Waals surface area contributed by atoms with Crippen LogP contribution < -0.4 is 10.1 Å². The van der Waals surface area contributed by atoms with Crippen molar-refractivity contribution < 1.29 is 9.15 Å². The zero-order valence-corrected chi connectivity index (χ0v) is 13.2.